The Morgan fingerprint density at radius 2 is 1.86 bits per heavy atom. The molecular weight excluding hydrogens is 260 g/mol. The quantitative estimate of drug-likeness (QED) is 0.827. The molecular formula is C18H28N2O. The number of fused-ring (bicyclic) bond motifs is 1. The van der Waals surface area contributed by atoms with Gasteiger partial charge < -0.3 is 9.73 Å². The fourth-order valence-electron chi connectivity index (χ4n) is 3.46. The monoisotopic (exact) mass is 288 g/mol. The highest BCUT2D eigenvalue weighted by molar-refractivity contribution is 5.77. The van der Waals surface area contributed by atoms with Gasteiger partial charge in [-0.05, 0) is 45.6 Å². The lowest BCUT2D eigenvalue weighted by Gasteiger charge is -2.44. The molecule has 2 unspecified atom stereocenters. The zero-order chi connectivity index (χ0) is 15.5. The number of nitrogens with one attached hydrogen (secondary N) is 1. The molecule has 1 N–H and O–H groups in total. The fraction of sp³-hybridized carbons (Fsp3) is 0.556. The van der Waals surface area contributed by atoms with Crippen molar-refractivity contribution in [1.82, 2.24) is 10.2 Å². The van der Waals surface area contributed by atoms with E-state index in [-0.39, 0.29) is 11.6 Å². The third-order valence-electron chi connectivity index (χ3n) is 4.84. The van der Waals surface area contributed by atoms with Crippen molar-refractivity contribution in [3.63, 3.8) is 0 Å². The molecule has 3 heteroatoms. The summed E-state index contributed by atoms with van der Waals surface area (Å²) in [7, 11) is 2.02. The van der Waals surface area contributed by atoms with Gasteiger partial charge in [0.1, 0.15) is 11.3 Å². The Hall–Kier alpha value is -1.32. The molecule has 116 valence electrons. The second-order valence-electron chi connectivity index (χ2n) is 5.79. The van der Waals surface area contributed by atoms with Crippen LogP contribution in [0.15, 0.2) is 34.7 Å². The molecule has 0 aliphatic heterocycles. The first-order valence-electron chi connectivity index (χ1n) is 8.01. The maximum atomic E-state index is 6.12. The number of nitrogens with zero attached hydrogens (tertiary/aromatic N) is 1. The first kappa shape index (κ1) is 16.1. The number of hydrogen-bond acceptors (Lipinski definition) is 3. The molecule has 0 saturated carbocycles. The molecule has 0 saturated heterocycles. The summed E-state index contributed by atoms with van der Waals surface area (Å²) in [6.45, 7) is 11.1. The van der Waals surface area contributed by atoms with Gasteiger partial charge in [0.25, 0.3) is 0 Å². The van der Waals surface area contributed by atoms with Gasteiger partial charge in [-0.15, -0.1) is 0 Å². The third kappa shape index (κ3) is 2.85. The Morgan fingerprint density at radius 1 is 1.19 bits per heavy atom. The molecule has 0 radical (unpaired) electrons. The van der Waals surface area contributed by atoms with E-state index in [9.17, 15) is 0 Å². The summed E-state index contributed by atoms with van der Waals surface area (Å²) in [6, 6.07) is 10.6. The average molecular weight is 288 g/mol. The first-order valence-corrected chi connectivity index (χ1v) is 8.01. The van der Waals surface area contributed by atoms with Crippen LogP contribution in [0.25, 0.3) is 11.0 Å². The summed E-state index contributed by atoms with van der Waals surface area (Å²) >= 11 is 0. The van der Waals surface area contributed by atoms with Gasteiger partial charge in [0, 0.05) is 10.9 Å². The van der Waals surface area contributed by atoms with Crippen molar-refractivity contribution < 1.29 is 4.42 Å². The van der Waals surface area contributed by atoms with Crippen molar-refractivity contribution in [2.24, 2.45) is 0 Å². The van der Waals surface area contributed by atoms with Crippen molar-refractivity contribution >= 4 is 11.0 Å². The summed E-state index contributed by atoms with van der Waals surface area (Å²) in [6.07, 6.45) is 1.07. The molecule has 0 aliphatic carbocycles. The zero-order valence-corrected chi connectivity index (χ0v) is 13.9. The molecule has 0 aliphatic rings. The van der Waals surface area contributed by atoms with Crippen LogP contribution in [0.5, 0.6) is 0 Å². The van der Waals surface area contributed by atoms with Gasteiger partial charge in [0.05, 0.1) is 6.04 Å². The zero-order valence-electron chi connectivity index (χ0n) is 13.9. The number of para-hydroxylation sites is 1. The SMILES string of the molecule is CCN(CC)C(C)(CC)C(NC)c1cc2ccccc2o1. The number of furan rings is 1. The maximum absolute atomic E-state index is 6.12. The minimum Gasteiger partial charge on any atom is -0.459 e. The Morgan fingerprint density at radius 3 is 2.38 bits per heavy atom. The van der Waals surface area contributed by atoms with Gasteiger partial charge >= 0.3 is 0 Å². The van der Waals surface area contributed by atoms with Crippen LogP contribution in [0.2, 0.25) is 0 Å². The van der Waals surface area contributed by atoms with Gasteiger partial charge in [-0.25, -0.2) is 0 Å². The van der Waals surface area contributed by atoms with E-state index in [4.69, 9.17) is 4.42 Å². The van der Waals surface area contributed by atoms with E-state index < -0.39 is 0 Å². The van der Waals surface area contributed by atoms with E-state index in [0.717, 1.165) is 30.9 Å². The van der Waals surface area contributed by atoms with Gasteiger partial charge in [-0.3, -0.25) is 4.90 Å². The molecule has 3 nitrogen and oxygen atoms in total. The Bertz CT molecular complexity index is 540. The lowest BCUT2D eigenvalue weighted by atomic mass is 9.85. The first-order chi connectivity index (χ1) is 10.1. The molecule has 1 heterocycles. The van der Waals surface area contributed by atoms with E-state index in [1.165, 1.54) is 5.39 Å². The highest BCUT2D eigenvalue weighted by atomic mass is 16.3. The van der Waals surface area contributed by atoms with E-state index in [1.54, 1.807) is 0 Å². The van der Waals surface area contributed by atoms with Crippen molar-refractivity contribution in [2.45, 2.75) is 45.7 Å². The molecule has 0 fully saturated rings. The molecule has 0 bridgehead atoms. The van der Waals surface area contributed by atoms with Crippen molar-refractivity contribution in [3.8, 4) is 0 Å². The fourth-order valence-corrected chi connectivity index (χ4v) is 3.46. The van der Waals surface area contributed by atoms with Crippen molar-refractivity contribution in [2.75, 3.05) is 20.1 Å². The topological polar surface area (TPSA) is 28.4 Å². The number of hydrogen-bond donors (Lipinski definition) is 1. The third-order valence-corrected chi connectivity index (χ3v) is 4.84. The largest absolute Gasteiger partial charge is 0.459 e. The van der Waals surface area contributed by atoms with Crippen LogP contribution < -0.4 is 5.32 Å². The van der Waals surface area contributed by atoms with Gasteiger partial charge in [0.15, 0.2) is 0 Å². The minimum absolute atomic E-state index is 0.0339. The van der Waals surface area contributed by atoms with Crippen LogP contribution in [0.4, 0.5) is 0 Å². The molecule has 2 aromatic rings. The molecule has 2 rings (SSSR count). The number of rotatable bonds is 7. The average Bonchev–Trinajstić information content (AvgIpc) is 2.92. The van der Waals surface area contributed by atoms with Gasteiger partial charge in [-0.1, -0.05) is 39.0 Å². The van der Waals surface area contributed by atoms with E-state index >= 15 is 0 Å². The molecule has 1 aromatic heterocycles. The smallest absolute Gasteiger partial charge is 0.134 e. The summed E-state index contributed by atoms with van der Waals surface area (Å²) in [4.78, 5) is 2.52. The van der Waals surface area contributed by atoms with Gasteiger partial charge in [0.2, 0.25) is 0 Å². The summed E-state index contributed by atoms with van der Waals surface area (Å²) < 4.78 is 6.12. The summed E-state index contributed by atoms with van der Waals surface area (Å²) in [5.41, 5.74) is 0.998. The van der Waals surface area contributed by atoms with Gasteiger partial charge in [-0.2, -0.15) is 0 Å². The lowest BCUT2D eigenvalue weighted by Crippen LogP contribution is -2.53. The van der Waals surface area contributed by atoms with Crippen LogP contribution in [0.1, 0.15) is 45.9 Å². The Labute approximate surface area is 128 Å². The van der Waals surface area contributed by atoms with Crippen molar-refractivity contribution in [3.05, 3.63) is 36.1 Å². The van der Waals surface area contributed by atoms with E-state index in [1.807, 2.05) is 19.2 Å². The molecule has 1 aromatic carbocycles. The highest BCUT2D eigenvalue weighted by Gasteiger charge is 2.38. The van der Waals surface area contributed by atoms with Crippen LogP contribution in [0.3, 0.4) is 0 Å². The maximum Gasteiger partial charge on any atom is 0.134 e. The highest BCUT2D eigenvalue weighted by Crippen LogP contribution is 2.36. The van der Waals surface area contributed by atoms with Crippen LogP contribution in [-0.4, -0.2) is 30.6 Å². The predicted molar refractivity (Wildman–Crippen MR) is 89.6 cm³/mol. The van der Waals surface area contributed by atoms with Crippen molar-refractivity contribution in [1.29, 1.82) is 0 Å². The molecule has 0 amide bonds. The molecule has 2 atom stereocenters. The second-order valence-corrected chi connectivity index (χ2v) is 5.79. The molecule has 0 spiro atoms. The molecule has 21 heavy (non-hydrogen) atoms. The minimum atomic E-state index is 0.0339. The van der Waals surface area contributed by atoms with Crippen LogP contribution in [0, 0.1) is 0 Å². The van der Waals surface area contributed by atoms with E-state index in [0.29, 0.717) is 0 Å². The predicted octanol–water partition coefficient (Wildman–Crippen LogP) is 4.20. The number of likely N-dealkylation sites (N-methyl/N-ethyl adjacent to an activating group) is 2. The van der Waals surface area contributed by atoms with Crippen LogP contribution >= 0.6 is 0 Å². The standard InChI is InChI=1S/C18H28N2O/c1-6-18(4,20(7-2)8-3)17(19-5)16-13-14-11-9-10-12-15(14)21-16/h9-13,17,19H,6-8H2,1-5H3. The normalized spacial score (nSPS) is 16.3. The second kappa shape index (κ2) is 6.63. The summed E-state index contributed by atoms with van der Waals surface area (Å²) in [5.74, 6) is 1.02. The van der Waals surface area contributed by atoms with E-state index in [2.05, 4.69) is 56.1 Å². The lowest BCUT2D eigenvalue weighted by molar-refractivity contribution is 0.0651. The summed E-state index contributed by atoms with van der Waals surface area (Å²) in [5, 5.41) is 4.66. The number of benzene rings is 1. The Balaban J connectivity index is 2.45. The Kier molecular flexibility index (Phi) is 5.07. The van der Waals surface area contributed by atoms with Crippen LogP contribution in [-0.2, 0) is 0 Å².